The van der Waals surface area contributed by atoms with E-state index in [-0.39, 0.29) is 11.8 Å². The summed E-state index contributed by atoms with van der Waals surface area (Å²) >= 11 is 1.52. The lowest BCUT2D eigenvalue weighted by Crippen LogP contribution is -2.34. The third-order valence-corrected chi connectivity index (χ3v) is 5.46. The number of nitrogens with one attached hydrogen (secondary N) is 2. The Morgan fingerprint density at radius 2 is 2.07 bits per heavy atom. The van der Waals surface area contributed by atoms with Crippen molar-refractivity contribution < 1.29 is 18.8 Å². The highest BCUT2D eigenvalue weighted by molar-refractivity contribution is 7.98. The highest BCUT2D eigenvalue weighted by atomic mass is 32.2. The van der Waals surface area contributed by atoms with E-state index in [1.807, 2.05) is 31.2 Å². The number of carbonyl (C=O) groups is 2. The fraction of sp³-hybridized carbons (Fsp3) is 0.190. The minimum Gasteiger partial charge on any atom is -0.479 e. The van der Waals surface area contributed by atoms with Gasteiger partial charge in [0.1, 0.15) is 11.5 Å². The molecule has 0 saturated heterocycles. The van der Waals surface area contributed by atoms with Crippen LogP contribution in [-0.4, -0.2) is 23.1 Å². The third-order valence-electron chi connectivity index (χ3n) is 4.35. The van der Waals surface area contributed by atoms with E-state index in [4.69, 9.17) is 9.26 Å². The molecule has 1 aliphatic rings. The molecule has 0 aliphatic carbocycles. The molecule has 2 heterocycles. The number of aromatic nitrogens is 1. The molecule has 148 valence electrons. The summed E-state index contributed by atoms with van der Waals surface area (Å²) in [7, 11) is 0. The number of hydrogen-bond acceptors (Lipinski definition) is 6. The molecule has 2 aromatic carbocycles. The zero-order valence-corrected chi connectivity index (χ0v) is 16.7. The van der Waals surface area contributed by atoms with Crippen molar-refractivity contribution in [3.05, 3.63) is 65.5 Å². The van der Waals surface area contributed by atoms with Crippen molar-refractivity contribution in [1.29, 1.82) is 0 Å². The maximum Gasteiger partial charge on any atom is 0.265 e. The number of nitrogens with zero attached hydrogens (tertiary/aromatic N) is 1. The Hall–Kier alpha value is -3.26. The molecule has 3 aromatic rings. The number of rotatable bonds is 5. The van der Waals surface area contributed by atoms with Gasteiger partial charge in [-0.2, -0.15) is 0 Å². The van der Waals surface area contributed by atoms with E-state index >= 15 is 0 Å². The standard InChI is InChI=1S/C21H19N3O4S/c1-12-9-15(24-28-12)11-29-19-6-4-3-5-16(19)21(26)22-14-7-8-18-17(10-14)23-20(25)13(2)27-18/h3-10,13H,11H2,1-2H3,(H,22,26)(H,23,25)/t13-/m1/s1. The quantitative estimate of drug-likeness (QED) is 0.612. The Bertz CT molecular complexity index is 1080. The van der Waals surface area contributed by atoms with Crippen LogP contribution >= 0.6 is 11.8 Å². The van der Waals surface area contributed by atoms with Crippen LogP contribution in [0.1, 0.15) is 28.7 Å². The summed E-state index contributed by atoms with van der Waals surface area (Å²) in [6, 6.07) is 14.4. The molecule has 7 nitrogen and oxygen atoms in total. The molecule has 8 heteroatoms. The lowest BCUT2D eigenvalue weighted by Gasteiger charge is -2.23. The number of anilines is 2. The molecule has 0 spiro atoms. The SMILES string of the molecule is Cc1cc(CSc2ccccc2C(=O)Nc2ccc3c(c2)NC(=O)[C@@H](C)O3)no1. The zero-order chi connectivity index (χ0) is 20.4. The first kappa shape index (κ1) is 19.1. The second-order valence-electron chi connectivity index (χ2n) is 6.63. The first-order chi connectivity index (χ1) is 14.0. The molecule has 2 N–H and O–H groups in total. The van der Waals surface area contributed by atoms with Gasteiger partial charge in [0.2, 0.25) is 0 Å². The highest BCUT2D eigenvalue weighted by Crippen LogP contribution is 2.33. The first-order valence-corrected chi connectivity index (χ1v) is 10.0. The lowest BCUT2D eigenvalue weighted by atomic mass is 10.2. The summed E-state index contributed by atoms with van der Waals surface area (Å²) in [5.41, 5.74) is 2.49. The minimum absolute atomic E-state index is 0.217. The average molecular weight is 409 g/mol. The highest BCUT2D eigenvalue weighted by Gasteiger charge is 2.24. The van der Waals surface area contributed by atoms with E-state index < -0.39 is 6.10 Å². The Balaban J connectivity index is 1.49. The maximum atomic E-state index is 12.9. The van der Waals surface area contributed by atoms with Crippen molar-refractivity contribution in [3.63, 3.8) is 0 Å². The van der Waals surface area contributed by atoms with Crippen LogP contribution < -0.4 is 15.4 Å². The summed E-state index contributed by atoms with van der Waals surface area (Å²) in [5, 5.41) is 9.65. The Morgan fingerprint density at radius 1 is 1.24 bits per heavy atom. The monoisotopic (exact) mass is 409 g/mol. The summed E-state index contributed by atoms with van der Waals surface area (Å²) < 4.78 is 10.6. The third kappa shape index (κ3) is 4.27. The fourth-order valence-corrected chi connectivity index (χ4v) is 3.83. The van der Waals surface area contributed by atoms with Gasteiger partial charge in [0, 0.05) is 22.4 Å². The number of fused-ring (bicyclic) bond motifs is 1. The number of carbonyl (C=O) groups excluding carboxylic acids is 2. The Labute approximate surface area is 171 Å². The molecule has 4 rings (SSSR count). The molecule has 0 fully saturated rings. The van der Waals surface area contributed by atoms with Crippen LogP contribution in [0, 0.1) is 6.92 Å². The van der Waals surface area contributed by atoms with Crippen molar-refractivity contribution in [2.75, 3.05) is 10.6 Å². The van der Waals surface area contributed by atoms with Crippen molar-refractivity contribution in [2.24, 2.45) is 0 Å². The predicted molar refractivity (Wildman–Crippen MR) is 110 cm³/mol. The molecular weight excluding hydrogens is 390 g/mol. The number of aryl methyl sites for hydroxylation is 1. The van der Waals surface area contributed by atoms with Crippen molar-refractivity contribution in [2.45, 2.75) is 30.6 Å². The first-order valence-electron chi connectivity index (χ1n) is 9.06. The maximum absolute atomic E-state index is 12.9. The molecule has 29 heavy (non-hydrogen) atoms. The summed E-state index contributed by atoms with van der Waals surface area (Å²) in [6.07, 6.45) is -0.541. The van der Waals surface area contributed by atoms with Gasteiger partial charge in [0.15, 0.2) is 6.10 Å². The van der Waals surface area contributed by atoms with Crippen LogP contribution in [-0.2, 0) is 10.5 Å². The molecule has 2 amide bonds. The van der Waals surface area contributed by atoms with E-state index in [2.05, 4.69) is 15.8 Å². The normalized spacial score (nSPS) is 15.2. The van der Waals surface area contributed by atoms with E-state index in [0.717, 1.165) is 16.3 Å². The number of hydrogen-bond donors (Lipinski definition) is 2. The predicted octanol–water partition coefficient (Wildman–Crippen LogP) is 4.25. The number of benzene rings is 2. The molecular formula is C21H19N3O4S. The van der Waals surface area contributed by atoms with E-state index in [1.54, 1.807) is 31.2 Å². The smallest absolute Gasteiger partial charge is 0.265 e. The van der Waals surface area contributed by atoms with Crippen molar-refractivity contribution in [3.8, 4) is 5.75 Å². The van der Waals surface area contributed by atoms with Gasteiger partial charge < -0.3 is 19.9 Å². The van der Waals surface area contributed by atoms with Crippen LogP contribution in [0.5, 0.6) is 5.75 Å². The fourth-order valence-electron chi connectivity index (χ4n) is 2.90. The molecule has 0 bridgehead atoms. The van der Waals surface area contributed by atoms with Crippen molar-refractivity contribution >= 4 is 35.0 Å². The topological polar surface area (TPSA) is 93.5 Å². The number of amides is 2. The van der Waals surface area contributed by atoms with E-state index in [1.165, 1.54) is 11.8 Å². The van der Waals surface area contributed by atoms with Crippen molar-refractivity contribution in [1.82, 2.24) is 5.16 Å². The zero-order valence-electron chi connectivity index (χ0n) is 15.9. The second-order valence-corrected chi connectivity index (χ2v) is 7.65. The molecule has 1 atom stereocenters. The minimum atomic E-state index is -0.541. The molecule has 1 aliphatic heterocycles. The van der Waals surface area contributed by atoms with Crippen LogP contribution in [0.3, 0.4) is 0 Å². The van der Waals surface area contributed by atoms with Gasteiger partial charge in [-0.05, 0) is 44.2 Å². The number of ether oxygens (including phenoxy) is 1. The van der Waals surface area contributed by atoms with Gasteiger partial charge in [-0.15, -0.1) is 11.8 Å². The molecule has 0 saturated carbocycles. The Morgan fingerprint density at radius 3 is 2.86 bits per heavy atom. The van der Waals surface area contributed by atoms with Gasteiger partial charge in [0.25, 0.3) is 11.8 Å². The second kappa shape index (κ2) is 8.00. The Kier molecular flexibility index (Phi) is 5.26. The summed E-state index contributed by atoms with van der Waals surface area (Å²) in [6.45, 7) is 3.53. The largest absolute Gasteiger partial charge is 0.479 e. The molecule has 0 unspecified atom stereocenters. The summed E-state index contributed by atoms with van der Waals surface area (Å²) in [4.78, 5) is 25.5. The van der Waals surface area contributed by atoms with E-state index in [0.29, 0.717) is 28.4 Å². The number of thioether (sulfide) groups is 1. The van der Waals surface area contributed by atoms with Crippen LogP contribution in [0.15, 0.2) is 57.9 Å². The van der Waals surface area contributed by atoms with Gasteiger partial charge >= 0.3 is 0 Å². The van der Waals surface area contributed by atoms with Crippen LogP contribution in [0.2, 0.25) is 0 Å². The van der Waals surface area contributed by atoms with Crippen LogP contribution in [0.25, 0.3) is 0 Å². The van der Waals surface area contributed by atoms with Gasteiger partial charge in [-0.25, -0.2) is 0 Å². The lowest BCUT2D eigenvalue weighted by molar-refractivity contribution is -0.122. The van der Waals surface area contributed by atoms with E-state index in [9.17, 15) is 9.59 Å². The van der Waals surface area contributed by atoms with Gasteiger partial charge in [0.05, 0.1) is 16.9 Å². The molecule has 0 radical (unpaired) electrons. The van der Waals surface area contributed by atoms with Gasteiger partial charge in [-0.1, -0.05) is 17.3 Å². The summed E-state index contributed by atoms with van der Waals surface area (Å²) in [5.74, 6) is 1.48. The van der Waals surface area contributed by atoms with Crippen LogP contribution in [0.4, 0.5) is 11.4 Å². The molecule has 1 aromatic heterocycles. The van der Waals surface area contributed by atoms with Gasteiger partial charge in [-0.3, -0.25) is 9.59 Å². The average Bonchev–Trinajstić information content (AvgIpc) is 3.13.